The molecule has 7 rings (SSSR count). The van der Waals surface area contributed by atoms with Gasteiger partial charge in [0.05, 0.1) is 43.7 Å². The smallest absolute Gasteiger partial charge is 0.407 e. The summed E-state index contributed by atoms with van der Waals surface area (Å²) in [5, 5.41) is 11.0. The SMILES string of the molecule is COC(=O)NCC(=O)N1CCCC1c1ncc(-c2ccc3cc(-c4ccc5c(c4)NC(C4CCCN4C(=O)C(NC(=O)OC)C(C)C)=NC5(C)C)ccc3c2)[nH]1. The van der Waals surface area contributed by atoms with Gasteiger partial charge < -0.3 is 40.2 Å². The fraction of sp³-hybridized carbons (Fsp3) is 0.429. The highest BCUT2D eigenvalue weighted by atomic mass is 16.5. The summed E-state index contributed by atoms with van der Waals surface area (Å²) in [6.45, 7) is 9.06. The Morgan fingerprint density at radius 2 is 1.50 bits per heavy atom. The molecular formula is C42H50N8O6. The van der Waals surface area contributed by atoms with Crippen LogP contribution in [-0.2, 0) is 24.6 Å². The molecule has 3 aromatic carbocycles. The second-order valence-corrected chi connectivity index (χ2v) is 15.5. The highest BCUT2D eigenvalue weighted by Gasteiger charge is 2.41. The zero-order valence-corrected chi connectivity index (χ0v) is 32.8. The number of anilines is 1. The maximum atomic E-state index is 13.8. The number of imidazole rings is 1. The number of rotatable bonds is 9. The lowest BCUT2D eigenvalue weighted by Crippen LogP contribution is -2.55. The molecule has 294 valence electrons. The number of amidine groups is 1. The number of hydrogen-bond acceptors (Lipinski definition) is 9. The maximum absolute atomic E-state index is 13.8. The van der Waals surface area contributed by atoms with Crippen LogP contribution >= 0.6 is 0 Å². The van der Waals surface area contributed by atoms with Crippen molar-refractivity contribution < 1.29 is 28.7 Å². The average Bonchev–Trinajstić information content (AvgIpc) is 3.99. The summed E-state index contributed by atoms with van der Waals surface area (Å²) in [5.41, 5.74) is 5.47. The number of hydrogen-bond donors (Lipinski definition) is 4. The Kier molecular flexibility index (Phi) is 10.7. The van der Waals surface area contributed by atoms with Crippen molar-refractivity contribution in [2.24, 2.45) is 10.9 Å². The van der Waals surface area contributed by atoms with E-state index in [0.29, 0.717) is 13.1 Å². The number of H-pyrrole nitrogens is 1. The summed E-state index contributed by atoms with van der Waals surface area (Å²) >= 11 is 0. The van der Waals surface area contributed by atoms with E-state index in [9.17, 15) is 19.2 Å². The second-order valence-electron chi connectivity index (χ2n) is 15.5. The first-order valence-electron chi connectivity index (χ1n) is 19.2. The van der Waals surface area contributed by atoms with Crippen molar-refractivity contribution in [1.29, 1.82) is 0 Å². The number of ether oxygens (including phenoxy) is 2. The van der Waals surface area contributed by atoms with E-state index in [0.717, 1.165) is 81.8 Å². The highest BCUT2D eigenvalue weighted by molar-refractivity contribution is 6.05. The number of amides is 4. The van der Waals surface area contributed by atoms with Gasteiger partial charge in [-0.25, -0.2) is 14.6 Å². The van der Waals surface area contributed by atoms with E-state index in [1.165, 1.54) is 14.2 Å². The number of aromatic nitrogens is 2. The fourth-order valence-electron chi connectivity index (χ4n) is 8.16. The van der Waals surface area contributed by atoms with E-state index in [1.54, 1.807) is 11.1 Å². The molecule has 0 aliphatic carbocycles. The zero-order valence-electron chi connectivity index (χ0n) is 32.8. The topological polar surface area (TPSA) is 170 Å². The minimum atomic E-state index is -0.704. The van der Waals surface area contributed by atoms with Crippen LogP contribution in [0.1, 0.15) is 70.8 Å². The van der Waals surface area contributed by atoms with Crippen LogP contribution in [0.2, 0.25) is 0 Å². The standard InChI is InChI=1S/C42H50N8O6/c1-24(2)36(47-41(54)56-6)39(52)50-18-8-10-34(50)38-45-31-21-28(15-16-30(31)42(3,4)48-38)26-11-12-27-20-29(14-13-25(27)19-26)32-22-43-37(46-32)33-9-7-17-49(33)35(51)23-44-40(53)55-5/h11-16,19-22,24,33-34,36H,7-10,17-18,23H2,1-6H3,(H,43,46)(H,44,53)(H,45,48)(H,47,54). The van der Waals surface area contributed by atoms with Gasteiger partial charge in [-0.2, -0.15) is 0 Å². The van der Waals surface area contributed by atoms with Crippen molar-refractivity contribution in [3.63, 3.8) is 0 Å². The van der Waals surface area contributed by atoms with Crippen LogP contribution in [0.15, 0.2) is 65.8 Å². The molecule has 4 N–H and O–H groups in total. The molecule has 3 aliphatic rings. The Morgan fingerprint density at radius 1 is 0.857 bits per heavy atom. The minimum absolute atomic E-state index is 0.118. The Labute approximate surface area is 326 Å². The summed E-state index contributed by atoms with van der Waals surface area (Å²) in [6, 6.07) is 18.0. The van der Waals surface area contributed by atoms with Crippen LogP contribution in [0.25, 0.3) is 33.2 Å². The number of aliphatic imine (C=N–C) groups is 1. The number of fused-ring (bicyclic) bond motifs is 2. The molecule has 3 aliphatic heterocycles. The molecular weight excluding hydrogens is 713 g/mol. The number of methoxy groups -OCH3 is 2. The van der Waals surface area contributed by atoms with E-state index in [-0.39, 0.29) is 36.4 Å². The van der Waals surface area contributed by atoms with Gasteiger partial charge in [0.15, 0.2) is 0 Å². The molecule has 2 fully saturated rings. The molecule has 0 radical (unpaired) electrons. The highest BCUT2D eigenvalue weighted by Crippen LogP contribution is 2.40. The average molecular weight is 763 g/mol. The van der Waals surface area contributed by atoms with Crippen LogP contribution in [0.5, 0.6) is 0 Å². The molecule has 14 heteroatoms. The lowest BCUT2D eigenvalue weighted by atomic mass is 9.88. The fourth-order valence-corrected chi connectivity index (χ4v) is 8.16. The van der Waals surface area contributed by atoms with Crippen LogP contribution in [0, 0.1) is 5.92 Å². The molecule has 4 aromatic rings. The number of benzene rings is 3. The third-order valence-electron chi connectivity index (χ3n) is 11.1. The van der Waals surface area contributed by atoms with Crippen LogP contribution in [0.4, 0.5) is 15.3 Å². The van der Waals surface area contributed by atoms with Gasteiger partial charge in [-0.15, -0.1) is 0 Å². The third-order valence-corrected chi connectivity index (χ3v) is 11.1. The molecule has 14 nitrogen and oxygen atoms in total. The van der Waals surface area contributed by atoms with Gasteiger partial charge in [-0.05, 0) is 85.5 Å². The number of carbonyl (C=O) groups excluding carboxylic acids is 4. The van der Waals surface area contributed by atoms with Gasteiger partial charge >= 0.3 is 12.2 Å². The monoisotopic (exact) mass is 762 g/mol. The molecule has 0 saturated carbocycles. The Hall–Kier alpha value is -5.92. The summed E-state index contributed by atoms with van der Waals surface area (Å²) in [5.74, 6) is 1.04. The number of likely N-dealkylation sites (tertiary alicyclic amines) is 2. The summed E-state index contributed by atoms with van der Waals surface area (Å²) in [6.07, 6.45) is 3.79. The normalized spacial score (nSPS) is 19.2. The van der Waals surface area contributed by atoms with Gasteiger partial charge in [0, 0.05) is 29.9 Å². The zero-order chi connectivity index (χ0) is 39.7. The first kappa shape index (κ1) is 38.4. The van der Waals surface area contributed by atoms with Gasteiger partial charge in [0.1, 0.15) is 24.2 Å². The molecule has 2 saturated heterocycles. The molecule has 3 atom stereocenters. The van der Waals surface area contributed by atoms with Crippen molar-refractivity contribution in [2.45, 2.75) is 77.0 Å². The van der Waals surface area contributed by atoms with E-state index < -0.39 is 23.8 Å². The molecule has 0 spiro atoms. The van der Waals surface area contributed by atoms with Crippen molar-refractivity contribution >= 4 is 46.3 Å². The Morgan fingerprint density at radius 3 is 2.21 bits per heavy atom. The number of carbonyl (C=O) groups is 4. The lowest BCUT2D eigenvalue weighted by Gasteiger charge is -2.36. The van der Waals surface area contributed by atoms with Crippen LogP contribution < -0.4 is 16.0 Å². The number of nitrogens with one attached hydrogen (secondary N) is 4. The lowest BCUT2D eigenvalue weighted by molar-refractivity contribution is -0.134. The Balaban J connectivity index is 1.08. The van der Waals surface area contributed by atoms with Crippen LogP contribution in [0.3, 0.4) is 0 Å². The number of aromatic amines is 1. The quantitative estimate of drug-likeness (QED) is 0.153. The van der Waals surface area contributed by atoms with Crippen molar-refractivity contribution in [2.75, 3.05) is 39.2 Å². The van der Waals surface area contributed by atoms with E-state index >= 15 is 0 Å². The first-order valence-corrected chi connectivity index (χ1v) is 19.2. The minimum Gasteiger partial charge on any atom is -0.453 e. The van der Waals surface area contributed by atoms with Gasteiger partial charge in [0.2, 0.25) is 11.8 Å². The van der Waals surface area contributed by atoms with E-state index in [2.05, 4.69) is 99.1 Å². The summed E-state index contributed by atoms with van der Waals surface area (Å²) < 4.78 is 9.40. The molecule has 4 heterocycles. The summed E-state index contributed by atoms with van der Waals surface area (Å²) in [4.78, 5) is 67.1. The van der Waals surface area contributed by atoms with Crippen molar-refractivity contribution in [3.05, 3.63) is 72.2 Å². The van der Waals surface area contributed by atoms with E-state index in [4.69, 9.17) is 9.73 Å². The number of nitrogens with zero attached hydrogens (tertiary/aromatic N) is 4. The molecule has 0 bridgehead atoms. The van der Waals surface area contributed by atoms with Gasteiger partial charge in [-0.3, -0.25) is 14.6 Å². The largest absolute Gasteiger partial charge is 0.453 e. The van der Waals surface area contributed by atoms with Gasteiger partial charge in [-0.1, -0.05) is 50.2 Å². The van der Waals surface area contributed by atoms with Crippen molar-refractivity contribution in [3.8, 4) is 22.4 Å². The molecule has 4 amide bonds. The van der Waals surface area contributed by atoms with Crippen LogP contribution in [-0.4, -0.2) is 95.5 Å². The predicted molar refractivity (Wildman–Crippen MR) is 214 cm³/mol. The third kappa shape index (κ3) is 7.64. The maximum Gasteiger partial charge on any atom is 0.407 e. The molecule has 1 aromatic heterocycles. The second kappa shape index (κ2) is 15.7. The van der Waals surface area contributed by atoms with Gasteiger partial charge in [0.25, 0.3) is 0 Å². The first-order chi connectivity index (χ1) is 26.9. The molecule has 56 heavy (non-hydrogen) atoms. The number of alkyl carbamates (subject to hydrolysis) is 2. The Bertz CT molecular complexity index is 2190. The summed E-state index contributed by atoms with van der Waals surface area (Å²) in [7, 11) is 2.56. The molecule has 3 unspecified atom stereocenters. The van der Waals surface area contributed by atoms with E-state index in [1.807, 2.05) is 18.7 Å². The predicted octanol–water partition coefficient (Wildman–Crippen LogP) is 6.35. The van der Waals surface area contributed by atoms with Crippen molar-refractivity contribution in [1.82, 2.24) is 30.4 Å².